The average molecular weight is 444 g/mol. The molecular formula is C25H27F3N2O2. The number of benzene rings is 2. The van der Waals surface area contributed by atoms with Crippen molar-refractivity contribution in [2.75, 3.05) is 0 Å². The number of hydrogen-bond donors (Lipinski definition) is 1. The zero-order valence-corrected chi connectivity index (χ0v) is 18.4. The Balaban J connectivity index is 1.78. The number of aromatic nitrogens is 2. The van der Waals surface area contributed by atoms with E-state index in [1.165, 1.54) is 12.1 Å². The molecule has 32 heavy (non-hydrogen) atoms. The number of nitrogens with zero attached hydrogens (tertiary/aromatic N) is 2. The number of rotatable bonds is 4. The molecule has 3 aromatic rings. The summed E-state index contributed by atoms with van der Waals surface area (Å²) in [6.45, 7) is 6.75. The summed E-state index contributed by atoms with van der Waals surface area (Å²) in [6.07, 6.45) is -0.921. The second-order valence-electron chi connectivity index (χ2n) is 9.85. The Morgan fingerprint density at radius 2 is 1.84 bits per heavy atom. The lowest BCUT2D eigenvalue weighted by Gasteiger charge is -2.40. The average Bonchev–Trinajstić information content (AvgIpc) is 3.03. The zero-order valence-electron chi connectivity index (χ0n) is 18.4. The van der Waals surface area contributed by atoms with E-state index >= 15 is 0 Å². The SMILES string of the molecule is C[C@H]1CC(n2c(Cc3ccc(C(F)(F)F)cc3)nc3cc(C(=O)O)ccc32)CC(C)(C)C1. The third-order valence-corrected chi connectivity index (χ3v) is 6.38. The zero-order chi connectivity index (χ0) is 23.3. The third-order valence-electron chi connectivity index (χ3n) is 6.38. The summed E-state index contributed by atoms with van der Waals surface area (Å²) in [7, 11) is 0. The standard InChI is InChI=1S/C25H27F3N2O2/c1-15-10-19(14-24(2,3)13-15)30-21-9-6-17(23(31)32)12-20(21)29-22(30)11-16-4-7-18(8-5-16)25(26,27)28/h4-9,12,15,19H,10-11,13-14H2,1-3H3,(H,31,32)/t15-,19?/m0/s1. The van der Waals surface area contributed by atoms with E-state index in [0.717, 1.165) is 48.3 Å². The highest BCUT2D eigenvalue weighted by molar-refractivity contribution is 5.92. The molecule has 0 spiro atoms. The topological polar surface area (TPSA) is 55.1 Å². The molecule has 2 atom stereocenters. The van der Waals surface area contributed by atoms with Gasteiger partial charge in [-0.25, -0.2) is 9.78 Å². The van der Waals surface area contributed by atoms with Crippen LogP contribution in [0, 0.1) is 11.3 Å². The van der Waals surface area contributed by atoms with Crippen LogP contribution in [0.15, 0.2) is 42.5 Å². The van der Waals surface area contributed by atoms with Crippen molar-refractivity contribution in [1.29, 1.82) is 0 Å². The molecule has 1 aliphatic carbocycles. The third kappa shape index (κ3) is 4.52. The maximum atomic E-state index is 12.9. The Bertz CT molecular complexity index is 1150. The van der Waals surface area contributed by atoms with Gasteiger partial charge in [0.25, 0.3) is 0 Å². The van der Waals surface area contributed by atoms with E-state index in [0.29, 0.717) is 17.9 Å². The summed E-state index contributed by atoms with van der Waals surface area (Å²) < 4.78 is 41.0. The van der Waals surface area contributed by atoms with E-state index in [1.807, 2.05) is 0 Å². The molecule has 1 N–H and O–H groups in total. The van der Waals surface area contributed by atoms with Gasteiger partial charge in [-0.1, -0.05) is 32.9 Å². The Labute approximate surface area is 185 Å². The lowest BCUT2D eigenvalue weighted by molar-refractivity contribution is -0.137. The van der Waals surface area contributed by atoms with Crippen molar-refractivity contribution >= 4 is 17.0 Å². The molecule has 1 unspecified atom stereocenters. The monoisotopic (exact) mass is 444 g/mol. The summed E-state index contributed by atoms with van der Waals surface area (Å²) in [5.41, 5.74) is 1.85. The number of alkyl halides is 3. The molecule has 0 aliphatic heterocycles. The number of aromatic carboxylic acids is 1. The van der Waals surface area contributed by atoms with Gasteiger partial charge in [-0.05, 0) is 66.5 Å². The highest BCUT2D eigenvalue weighted by atomic mass is 19.4. The number of carbonyl (C=O) groups is 1. The molecule has 7 heteroatoms. The maximum absolute atomic E-state index is 12.9. The molecule has 0 amide bonds. The van der Waals surface area contributed by atoms with Crippen LogP contribution in [-0.2, 0) is 12.6 Å². The van der Waals surface area contributed by atoms with Crippen LogP contribution >= 0.6 is 0 Å². The maximum Gasteiger partial charge on any atom is 0.416 e. The minimum atomic E-state index is -4.37. The molecular weight excluding hydrogens is 417 g/mol. The van der Waals surface area contributed by atoms with Gasteiger partial charge in [0.05, 0.1) is 22.2 Å². The summed E-state index contributed by atoms with van der Waals surface area (Å²) in [5, 5.41) is 9.37. The number of imidazole rings is 1. The predicted molar refractivity (Wildman–Crippen MR) is 117 cm³/mol. The van der Waals surface area contributed by atoms with E-state index in [2.05, 4.69) is 25.3 Å². The van der Waals surface area contributed by atoms with Crippen LogP contribution < -0.4 is 0 Å². The first-order valence-electron chi connectivity index (χ1n) is 10.8. The van der Waals surface area contributed by atoms with Gasteiger partial charge >= 0.3 is 12.1 Å². The Kier molecular flexibility index (Phi) is 5.55. The van der Waals surface area contributed by atoms with E-state index in [9.17, 15) is 23.1 Å². The lowest BCUT2D eigenvalue weighted by Crippen LogP contribution is -2.30. The van der Waals surface area contributed by atoms with Crippen molar-refractivity contribution in [2.45, 2.75) is 58.7 Å². The minimum Gasteiger partial charge on any atom is -0.478 e. The van der Waals surface area contributed by atoms with E-state index < -0.39 is 17.7 Å². The Morgan fingerprint density at radius 1 is 1.16 bits per heavy atom. The molecule has 1 saturated carbocycles. The van der Waals surface area contributed by atoms with E-state index in [4.69, 9.17) is 4.98 Å². The van der Waals surface area contributed by atoms with Crippen LogP contribution in [0.4, 0.5) is 13.2 Å². The largest absolute Gasteiger partial charge is 0.478 e. The summed E-state index contributed by atoms with van der Waals surface area (Å²) in [5.74, 6) is 0.258. The first-order chi connectivity index (χ1) is 14.9. The van der Waals surface area contributed by atoms with Gasteiger partial charge in [0.15, 0.2) is 0 Å². The first kappa shape index (κ1) is 22.4. The van der Waals surface area contributed by atoms with Crippen LogP contribution in [-0.4, -0.2) is 20.6 Å². The summed E-state index contributed by atoms with van der Waals surface area (Å²) >= 11 is 0. The molecule has 1 heterocycles. The fourth-order valence-electron chi connectivity index (χ4n) is 5.30. The minimum absolute atomic E-state index is 0.158. The fourth-order valence-corrected chi connectivity index (χ4v) is 5.30. The first-order valence-corrected chi connectivity index (χ1v) is 10.8. The summed E-state index contributed by atoms with van der Waals surface area (Å²) in [6, 6.07) is 10.3. The number of carboxylic acid groups (broad SMARTS) is 1. The molecule has 4 rings (SSSR count). The van der Waals surface area contributed by atoms with Gasteiger partial charge < -0.3 is 9.67 Å². The normalized spacial score (nSPS) is 21.1. The molecule has 170 valence electrons. The molecule has 0 saturated heterocycles. The van der Waals surface area contributed by atoms with Crippen LogP contribution in [0.2, 0.25) is 0 Å². The van der Waals surface area contributed by atoms with Gasteiger partial charge in [0.2, 0.25) is 0 Å². The summed E-state index contributed by atoms with van der Waals surface area (Å²) in [4.78, 5) is 16.2. The second-order valence-corrected chi connectivity index (χ2v) is 9.85. The molecule has 1 aromatic heterocycles. The van der Waals surface area contributed by atoms with Crippen LogP contribution in [0.3, 0.4) is 0 Å². The van der Waals surface area contributed by atoms with Crippen molar-refractivity contribution in [3.8, 4) is 0 Å². The lowest BCUT2D eigenvalue weighted by atomic mass is 9.70. The van der Waals surface area contributed by atoms with Crippen molar-refractivity contribution in [3.05, 3.63) is 65.0 Å². The van der Waals surface area contributed by atoms with Gasteiger partial charge in [0, 0.05) is 12.5 Å². The van der Waals surface area contributed by atoms with E-state index in [-0.39, 0.29) is 17.0 Å². The Hall–Kier alpha value is -2.83. The van der Waals surface area contributed by atoms with Crippen molar-refractivity contribution in [2.24, 2.45) is 11.3 Å². The molecule has 1 fully saturated rings. The number of fused-ring (bicyclic) bond motifs is 1. The van der Waals surface area contributed by atoms with Gasteiger partial charge in [-0.2, -0.15) is 13.2 Å². The van der Waals surface area contributed by atoms with Crippen LogP contribution in [0.5, 0.6) is 0 Å². The van der Waals surface area contributed by atoms with Crippen molar-refractivity contribution in [3.63, 3.8) is 0 Å². The quantitative estimate of drug-likeness (QED) is 0.485. The van der Waals surface area contributed by atoms with Crippen LogP contribution in [0.25, 0.3) is 11.0 Å². The smallest absolute Gasteiger partial charge is 0.416 e. The van der Waals surface area contributed by atoms with Crippen LogP contribution in [0.1, 0.15) is 73.4 Å². The second kappa shape index (κ2) is 7.94. The fraction of sp³-hybridized carbons (Fsp3) is 0.440. The van der Waals surface area contributed by atoms with Crippen molar-refractivity contribution in [1.82, 2.24) is 9.55 Å². The molecule has 2 aromatic carbocycles. The van der Waals surface area contributed by atoms with E-state index in [1.54, 1.807) is 18.2 Å². The highest BCUT2D eigenvalue weighted by Crippen LogP contribution is 2.45. The van der Waals surface area contributed by atoms with Gasteiger partial charge in [0.1, 0.15) is 5.82 Å². The number of carboxylic acids is 1. The molecule has 0 radical (unpaired) electrons. The van der Waals surface area contributed by atoms with Crippen molar-refractivity contribution < 1.29 is 23.1 Å². The molecule has 0 bridgehead atoms. The van der Waals surface area contributed by atoms with Gasteiger partial charge in [-0.15, -0.1) is 0 Å². The molecule has 4 nitrogen and oxygen atoms in total. The predicted octanol–water partition coefficient (Wildman–Crippen LogP) is 6.73. The Morgan fingerprint density at radius 3 is 2.44 bits per heavy atom. The number of hydrogen-bond acceptors (Lipinski definition) is 2. The number of halogens is 3. The van der Waals surface area contributed by atoms with Gasteiger partial charge in [-0.3, -0.25) is 0 Å². The molecule has 1 aliphatic rings. The highest BCUT2D eigenvalue weighted by Gasteiger charge is 2.35.